The first-order valence-corrected chi connectivity index (χ1v) is 27.4. The monoisotopic (exact) mass is 1030 g/mol. The molecule has 2 aliphatic heterocycles. The Labute approximate surface area is 462 Å². The van der Waals surface area contributed by atoms with Gasteiger partial charge in [-0.2, -0.15) is 0 Å². The summed E-state index contributed by atoms with van der Waals surface area (Å²) in [5.41, 5.74) is 19.3. The van der Waals surface area contributed by atoms with Gasteiger partial charge in [-0.05, 0) is 106 Å². The van der Waals surface area contributed by atoms with Crippen molar-refractivity contribution in [2.75, 3.05) is 0 Å². The summed E-state index contributed by atoms with van der Waals surface area (Å²) >= 11 is 0. The molecule has 16 rings (SSSR count). The van der Waals surface area contributed by atoms with Gasteiger partial charge in [-0.1, -0.05) is 185 Å². The molecule has 14 aromatic rings. The Balaban J connectivity index is 0.876. The highest BCUT2D eigenvalue weighted by Gasteiger charge is 2.39. The highest BCUT2D eigenvalue weighted by Crippen LogP contribution is 2.53. The van der Waals surface area contributed by atoms with Crippen LogP contribution in [-0.4, -0.2) is 39.0 Å². The van der Waals surface area contributed by atoms with Crippen molar-refractivity contribution in [3.63, 3.8) is 0 Å². The lowest BCUT2D eigenvalue weighted by atomic mass is 9.72. The molecule has 0 atom stereocenters. The molecule has 0 spiro atoms. The molecule has 0 saturated heterocycles. The predicted octanol–water partition coefficient (Wildman–Crippen LogP) is 17.2. The van der Waals surface area contributed by atoms with E-state index in [1.165, 1.54) is 77.0 Å². The van der Waals surface area contributed by atoms with E-state index in [0.29, 0.717) is 34.9 Å². The molecule has 2 aliphatic rings. The van der Waals surface area contributed by atoms with E-state index in [-0.39, 0.29) is 0 Å². The fraction of sp³-hybridized carbons (Fsp3) is 0.0833. The minimum absolute atomic E-state index is 0.430. The molecule has 10 aromatic carbocycles. The lowest BCUT2D eigenvalue weighted by Gasteiger charge is -2.36. The van der Waals surface area contributed by atoms with E-state index in [2.05, 4.69) is 195 Å². The van der Waals surface area contributed by atoms with Gasteiger partial charge in [-0.3, -0.25) is 0 Å². The van der Waals surface area contributed by atoms with Crippen LogP contribution >= 0.6 is 0 Å². The average molecular weight is 1030 g/mol. The van der Waals surface area contributed by atoms with Gasteiger partial charge in [0.2, 0.25) is 0 Å². The van der Waals surface area contributed by atoms with Crippen molar-refractivity contribution in [1.82, 2.24) is 39.0 Å². The van der Waals surface area contributed by atoms with Crippen LogP contribution in [0.4, 0.5) is 0 Å². The molecule has 0 amide bonds. The van der Waals surface area contributed by atoms with Crippen molar-refractivity contribution in [2.24, 2.45) is 0 Å². The highest BCUT2D eigenvalue weighted by atomic mass is 15.1. The molecule has 378 valence electrons. The van der Waals surface area contributed by atoms with Crippen molar-refractivity contribution < 1.29 is 0 Å². The van der Waals surface area contributed by atoms with E-state index in [0.717, 1.165) is 44.8 Å². The van der Waals surface area contributed by atoms with Gasteiger partial charge in [-0.15, -0.1) is 0 Å². The molecule has 0 bridgehead atoms. The fourth-order valence-electron chi connectivity index (χ4n) is 12.9. The minimum Gasteiger partial charge on any atom is -0.309 e. The predicted molar refractivity (Wildman–Crippen MR) is 324 cm³/mol. The molecule has 0 aliphatic carbocycles. The Hall–Kier alpha value is -10.2. The Morgan fingerprint density at radius 1 is 0.250 bits per heavy atom. The first-order valence-electron chi connectivity index (χ1n) is 27.4. The molecular weight excluding hydrogens is 977 g/mol. The smallest absolute Gasteiger partial charge is 0.164 e. The van der Waals surface area contributed by atoms with Crippen LogP contribution in [0, 0.1) is 0 Å². The second kappa shape index (κ2) is 17.2. The molecule has 80 heavy (non-hydrogen) atoms. The van der Waals surface area contributed by atoms with Gasteiger partial charge in [-0.25, -0.2) is 29.9 Å². The van der Waals surface area contributed by atoms with E-state index >= 15 is 0 Å². The zero-order valence-electron chi connectivity index (χ0n) is 44.5. The number of benzene rings is 10. The summed E-state index contributed by atoms with van der Waals surface area (Å²) in [5, 5.41) is 4.92. The van der Waals surface area contributed by atoms with Gasteiger partial charge in [0.25, 0.3) is 0 Å². The second-order valence-electron chi connectivity index (χ2n) is 22.3. The summed E-state index contributed by atoms with van der Waals surface area (Å²) in [6.45, 7) is 9.52. The maximum absolute atomic E-state index is 5.18. The standard InChI is InChI=1S/C72H50N8/c1-71(2)55-39-47(69-75-65(43-21-9-5-10-22-43)73-66(76-69)44-23-11-6-12-24-44)33-35-61(55)79-59-31-19-17-29-51(59)53-37-49(41-57(71)63(53)79)50-38-54-52-30-18-20-32-60(52)80-62-36-34-48(40-56(62)72(3,4)58(42-50)64(54)80)70-77-67(45-25-13-7-14-26-45)74-68(78-70)46-27-15-8-16-28-46/h5-42H,1-4H3. The van der Waals surface area contributed by atoms with Crippen molar-refractivity contribution >= 4 is 43.6 Å². The number of fused-ring (bicyclic) bond motifs is 10. The van der Waals surface area contributed by atoms with Crippen LogP contribution in [0.5, 0.6) is 0 Å². The first-order chi connectivity index (χ1) is 39.2. The fourth-order valence-corrected chi connectivity index (χ4v) is 12.9. The molecule has 8 heteroatoms. The van der Waals surface area contributed by atoms with Crippen LogP contribution < -0.4 is 0 Å². The molecule has 0 N–H and O–H groups in total. The third-order valence-electron chi connectivity index (χ3n) is 17.0. The van der Waals surface area contributed by atoms with E-state index in [9.17, 15) is 0 Å². The van der Waals surface area contributed by atoms with Crippen LogP contribution in [0.25, 0.3) is 134 Å². The van der Waals surface area contributed by atoms with Gasteiger partial charge < -0.3 is 9.13 Å². The normalized spacial score (nSPS) is 13.7. The van der Waals surface area contributed by atoms with E-state index < -0.39 is 10.8 Å². The third-order valence-corrected chi connectivity index (χ3v) is 17.0. The highest BCUT2D eigenvalue weighted by molar-refractivity contribution is 6.15. The van der Waals surface area contributed by atoms with Gasteiger partial charge in [0.15, 0.2) is 34.9 Å². The molecule has 0 unspecified atom stereocenters. The number of hydrogen-bond acceptors (Lipinski definition) is 6. The van der Waals surface area contributed by atoms with Crippen molar-refractivity contribution in [2.45, 2.75) is 38.5 Å². The lowest BCUT2D eigenvalue weighted by Crippen LogP contribution is -2.27. The van der Waals surface area contributed by atoms with Crippen LogP contribution in [0.1, 0.15) is 49.9 Å². The molecule has 8 nitrogen and oxygen atoms in total. The summed E-state index contributed by atoms with van der Waals surface area (Å²) in [6, 6.07) is 81.9. The zero-order valence-corrected chi connectivity index (χ0v) is 44.5. The topological polar surface area (TPSA) is 87.2 Å². The van der Waals surface area contributed by atoms with Crippen LogP contribution in [-0.2, 0) is 10.8 Å². The Kier molecular flexibility index (Phi) is 9.86. The summed E-state index contributed by atoms with van der Waals surface area (Å²) < 4.78 is 4.98. The van der Waals surface area contributed by atoms with Gasteiger partial charge in [0.1, 0.15) is 0 Å². The molecule has 4 aromatic heterocycles. The number of para-hydroxylation sites is 2. The minimum atomic E-state index is -0.430. The first kappa shape index (κ1) is 46.0. The SMILES string of the molecule is CC1(C)c2cc(-c3nc(-c4ccccc4)nc(-c4ccccc4)n3)ccc2-n2c3ccccc3c3cc(-c4cc5c6c(c4)c4ccccc4n6-c4ccc(-c6nc(-c7ccccc7)nc(-c7ccccc7)n6)cc4C5(C)C)cc1c32. The van der Waals surface area contributed by atoms with E-state index in [1.807, 2.05) is 72.8 Å². The van der Waals surface area contributed by atoms with Gasteiger partial charge in [0.05, 0.1) is 33.4 Å². The average Bonchev–Trinajstić information content (AvgIpc) is 4.19. The summed E-state index contributed by atoms with van der Waals surface area (Å²) in [5.74, 6) is 3.84. The number of nitrogens with zero attached hydrogens (tertiary/aromatic N) is 8. The Morgan fingerprint density at radius 3 is 0.875 bits per heavy atom. The molecule has 6 heterocycles. The van der Waals surface area contributed by atoms with Crippen LogP contribution in [0.3, 0.4) is 0 Å². The Morgan fingerprint density at radius 2 is 0.537 bits per heavy atom. The van der Waals surface area contributed by atoms with E-state index in [1.54, 1.807) is 0 Å². The molecule has 0 radical (unpaired) electrons. The van der Waals surface area contributed by atoms with Crippen molar-refractivity contribution in [1.29, 1.82) is 0 Å². The van der Waals surface area contributed by atoms with Crippen LogP contribution in [0.2, 0.25) is 0 Å². The van der Waals surface area contributed by atoms with Crippen molar-refractivity contribution in [3.05, 3.63) is 253 Å². The Bertz CT molecular complexity index is 4440. The van der Waals surface area contributed by atoms with E-state index in [4.69, 9.17) is 29.9 Å². The number of hydrogen-bond donors (Lipinski definition) is 0. The zero-order chi connectivity index (χ0) is 53.4. The summed E-state index contributed by atoms with van der Waals surface area (Å²) in [7, 11) is 0. The summed E-state index contributed by atoms with van der Waals surface area (Å²) in [6.07, 6.45) is 0. The molecule has 0 saturated carbocycles. The number of aromatic nitrogens is 8. The molecular formula is C72H50N8. The number of rotatable bonds is 7. The summed E-state index contributed by atoms with van der Waals surface area (Å²) in [4.78, 5) is 30.7. The van der Waals surface area contributed by atoms with Crippen LogP contribution in [0.15, 0.2) is 231 Å². The maximum atomic E-state index is 5.18. The third kappa shape index (κ3) is 6.88. The maximum Gasteiger partial charge on any atom is 0.164 e. The van der Waals surface area contributed by atoms with Gasteiger partial charge in [0, 0.05) is 65.8 Å². The quantitative estimate of drug-likeness (QED) is 0.158. The largest absolute Gasteiger partial charge is 0.309 e. The molecule has 0 fully saturated rings. The lowest BCUT2D eigenvalue weighted by molar-refractivity contribution is 0.629. The van der Waals surface area contributed by atoms with Crippen molar-refractivity contribution in [3.8, 4) is 90.8 Å². The van der Waals surface area contributed by atoms with Gasteiger partial charge >= 0.3 is 0 Å². The second-order valence-corrected chi connectivity index (χ2v) is 22.3.